The lowest BCUT2D eigenvalue weighted by Crippen LogP contribution is -2.17. The summed E-state index contributed by atoms with van der Waals surface area (Å²) in [6.45, 7) is 2.06. The van der Waals surface area contributed by atoms with E-state index < -0.39 is 17.7 Å². The number of halogens is 4. The first kappa shape index (κ1) is 25.8. The first-order valence-corrected chi connectivity index (χ1v) is 12.3. The predicted molar refractivity (Wildman–Crippen MR) is 143 cm³/mol. The Morgan fingerprint density at radius 2 is 1.84 bits per heavy atom. The fourth-order valence-electron chi connectivity index (χ4n) is 5.07. The zero-order chi connectivity index (χ0) is 27.2. The highest BCUT2D eigenvalue weighted by atomic mass is 35.5. The molecule has 1 heterocycles. The highest BCUT2D eigenvalue weighted by Gasteiger charge is 2.33. The number of rotatable bonds is 4. The third-order valence-corrected chi connectivity index (χ3v) is 7.09. The molecule has 0 saturated heterocycles. The number of nitrogens with zero attached hydrogens (tertiary/aromatic N) is 1. The van der Waals surface area contributed by atoms with Crippen molar-refractivity contribution in [2.75, 3.05) is 7.11 Å². The molecule has 1 atom stereocenters. The molecule has 4 aromatic rings. The molecule has 1 aliphatic rings. The van der Waals surface area contributed by atoms with Gasteiger partial charge in [-0.15, -0.1) is 0 Å². The number of alkyl halides is 3. The van der Waals surface area contributed by atoms with Gasteiger partial charge in [-0.1, -0.05) is 42.8 Å². The van der Waals surface area contributed by atoms with Gasteiger partial charge in [-0.25, -0.2) is 9.78 Å². The third-order valence-electron chi connectivity index (χ3n) is 6.76. The van der Waals surface area contributed by atoms with Crippen LogP contribution in [0.15, 0.2) is 60.7 Å². The maximum Gasteiger partial charge on any atom is 0.417 e. The van der Waals surface area contributed by atoms with E-state index in [4.69, 9.17) is 21.3 Å². The number of aromatic carboxylic acids is 1. The number of methoxy groups -OCH3 is 1. The van der Waals surface area contributed by atoms with Crippen LogP contribution in [0.5, 0.6) is 5.75 Å². The fourth-order valence-corrected chi connectivity index (χ4v) is 5.29. The molecule has 0 radical (unpaired) electrons. The zero-order valence-electron chi connectivity index (χ0n) is 20.6. The summed E-state index contributed by atoms with van der Waals surface area (Å²) in [5, 5.41) is 10.3. The molecular formula is C30H23ClF3NO3. The minimum atomic E-state index is -4.56. The summed E-state index contributed by atoms with van der Waals surface area (Å²) in [5.74, 6) is -0.305. The van der Waals surface area contributed by atoms with E-state index in [2.05, 4.69) is 6.92 Å². The molecular weight excluding hydrogens is 515 g/mol. The van der Waals surface area contributed by atoms with E-state index in [1.54, 1.807) is 42.5 Å². The van der Waals surface area contributed by atoms with Gasteiger partial charge in [0.05, 0.1) is 34.5 Å². The number of ether oxygens (including phenoxy) is 1. The summed E-state index contributed by atoms with van der Waals surface area (Å²) >= 11 is 5.80. The van der Waals surface area contributed by atoms with Crippen molar-refractivity contribution >= 4 is 40.1 Å². The minimum Gasteiger partial charge on any atom is -0.497 e. The van der Waals surface area contributed by atoms with Gasteiger partial charge >= 0.3 is 12.1 Å². The van der Waals surface area contributed by atoms with E-state index in [0.29, 0.717) is 51.9 Å². The lowest BCUT2D eigenvalue weighted by molar-refractivity contribution is -0.137. The standard InChI is InChI=1S/C30H23ClF3NO3/c1-16-10-20(28-23(11-16)27(29(36)37)22-15-21(38-2)7-9-26(22)35-28)13-17-4-3-5-18(12-17)19-6-8-25(31)24(14-19)30(32,33)34/h3-9,12-16H,10-11H2,1-2H3,(H,36,37)/b20-13+. The average molecular weight is 538 g/mol. The third kappa shape index (κ3) is 4.86. The van der Waals surface area contributed by atoms with Crippen LogP contribution in [-0.2, 0) is 12.6 Å². The van der Waals surface area contributed by atoms with Crippen LogP contribution >= 0.6 is 11.6 Å². The Morgan fingerprint density at radius 1 is 1.08 bits per heavy atom. The normalized spacial score (nSPS) is 16.5. The van der Waals surface area contributed by atoms with Gasteiger partial charge < -0.3 is 9.84 Å². The Bertz CT molecular complexity index is 1610. The SMILES string of the molecule is COc1ccc2nc3c(c(C(=O)O)c2c1)CC(C)C/C3=C\c1cccc(-c2ccc(Cl)c(C(F)(F)F)c2)c1. The second kappa shape index (κ2) is 9.80. The Hall–Kier alpha value is -3.84. The Kier molecular flexibility index (Phi) is 6.65. The summed E-state index contributed by atoms with van der Waals surface area (Å²) in [7, 11) is 1.53. The minimum absolute atomic E-state index is 0.172. The van der Waals surface area contributed by atoms with E-state index in [0.717, 1.165) is 17.2 Å². The molecule has 1 aliphatic carbocycles. The van der Waals surface area contributed by atoms with Crippen LogP contribution in [0.2, 0.25) is 5.02 Å². The molecule has 0 aliphatic heterocycles. The van der Waals surface area contributed by atoms with Crippen LogP contribution < -0.4 is 4.74 Å². The maximum atomic E-state index is 13.4. The zero-order valence-corrected chi connectivity index (χ0v) is 21.3. The van der Waals surface area contributed by atoms with Crippen molar-refractivity contribution in [3.63, 3.8) is 0 Å². The van der Waals surface area contributed by atoms with Crippen LogP contribution in [-0.4, -0.2) is 23.2 Å². The van der Waals surface area contributed by atoms with Crippen molar-refractivity contribution in [1.82, 2.24) is 4.98 Å². The molecule has 4 nitrogen and oxygen atoms in total. The number of pyridine rings is 1. The van der Waals surface area contributed by atoms with Gasteiger partial charge in [0.1, 0.15) is 5.75 Å². The molecule has 0 bridgehead atoms. The van der Waals surface area contributed by atoms with Gasteiger partial charge in [0, 0.05) is 5.39 Å². The monoisotopic (exact) mass is 537 g/mol. The van der Waals surface area contributed by atoms with E-state index >= 15 is 0 Å². The largest absolute Gasteiger partial charge is 0.497 e. The maximum absolute atomic E-state index is 13.4. The predicted octanol–water partition coefficient (Wildman–Crippen LogP) is 8.40. The van der Waals surface area contributed by atoms with Gasteiger partial charge in [0.15, 0.2) is 0 Å². The first-order chi connectivity index (χ1) is 18.0. The molecule has 0 saturated carbocycles. The topological polar surface area (TPSA) is 59.4 Å². The van der Waals surface area contributed by atoms with E-state index in [1.807, 2.05) is 12.1 Å². The van der Waals surface area contributed by atoms with Gasteiger partial charge in [0.25, 0.3) is 0 Å². The second-order valence-electron chi connectivity index (χ2n) is 9.50. The molecule has 194 valence electrons. The average Bonchev–Trinajstić information content (AvgIpc) is 2.86. The summed E-state index contributed by atoms with van der Waals surface area (Å²) < 4.78 is 45.5. The molecule has 1 N–H and O–H groups in total. The molecule has 1 aromatic heterocycles. The first-order valence-electron chi connectivity index (χ1n) is 12.0. The number of fused-ring (bicyclic) bond motifs is 2. The second-order valence-corrected chi connectivity index (χ2v) is 9.91. The fraction of sp³-hybridized carbons (Fsp3) is 0.200. The van der Waals surface area contributed by atoms with Crippen LogP contribution in [0, 0.1) is 5.92 Å². The lowest BCUT2D eigenvalue weighted by Gasteiger charge is -2.26. The summed E-state index contributed by atoms with van der Waals surface area (Å²) in [5.41, 5.74) is 3.84. The van der Waals surface area contributed by atoms with Crippen molar-refractivity contribution in [1.29, 1.82) is 0 Å². The van der Waals surface area contributed by atoms with Crippen LogP contribution in [0.1, 0.15) is 46.1 Å². The molecule has 8 heteroatoms. The highest BCUT2D eigenvalue weighted by Crippen LogP contribution is 2.40. The Labute approximate surface area is 222 Å². The van der Waals surface area contributed by atoms with E-state index in [9.17, 15) is 23.1 Å². The molecule has 0 spiro atoms. The quantitative estimate of drug-likeness (QED) is 0.284. The van der Waals surface area contributed by atoms with Crippen molar-refractivity contribution in [3.05, 3.63) is 93.6 Å². The number of hydrogen-bond donors (Lipinski definition) is 1. The number of hydrogen-bond acceptors (Lipinski definition) is 3. The van der Waals surface area contributed by atoms with Crippen LogP contribution in [0.4, 0.5) is 13.2 Å². The van der Waals surface area contributed by atoms with Gasteiger partial charge in [-0.3, -0.25) is 0 Å². The van der Waals surface area contributed by atoms with Crippen molar-refractivity contribution in [3.8, 4) is 16.9 Å². The van der Waals surface area contributed by atoms with E-state index in [-0.39, 0.29) is 16.5 Å². The molecule has 3 aromatic carbocycles. The van der Waals surface area contributed by atoms with Gasteiger partial charge in [0.2, 0.25) is 0 Å². The Balaban J connectivity index is 1.64. The number of carbonyl (C=O) groups is 1. The van der Waals surface area contributed by atoms with E-state index in [1.165, 1.54) is 13.2 Å². The molecule has 38 heavy (non-hydrogen) atoms. The molecule has 0 amide bonds. The molecule has 1 unspecified atom stereocenters. The number of allylic oxidation sites excluding steroid dienone is 1. The van der Waals surface area contributed by atoms with Gasteiger partial charge in [-0.05, 0) is 89.1 Å². The van der Waals surface area contributed by atoms with Crippen molar-refractivity contribution < 1.29 is 27.8 Å². The van der Waals surface area contributed by atoms with Crippen molar-refractivity contribution in [2.45, 2.75) is 25.9 Å². The number of benzene rings is 3. The molecule has 5 rings (SSSR count). The van der Waals surface area contributed by atoms with Crippen LogP contribution in [0.3, 0.4) is 0 Å². The summed E-state index contributed by atoms with van der Waals surface area (Å²) in [6, 6.07) is 16.2. The summed E-state index contributed by atoms with van der Waals surface area (Å²) in [4.78, 5) is 17.3. The van der Waals surface area contributed by atoms with Gasteiger partial charge in [-0.2, -0.15) is 13.2 Å². The van der Waals surface area contributed by atoms with Crippen molar-refractivity contribution in [2.24, 2.45) is 5.92 Å². The number of carboxylic acid groups (broad SMARTS) is 1. The number of aromatic nitrogens is 1. The Morgan fingerprint density at radius 3 is 2.55 bits per heavy atom. The number of carboxylic acids is 1. The van der Waals surface area contributed by atoms with Crippen LogP contribution in [0.25, 0.3) is 33.7 Å². The molecule has 0 fully saturated rings. The lowest BCUT2D eigenvalue weighted by atomic mass is 9.80. The summed E-state index contributed by atoms with van der Waals surface area (Å²) in [6.07, 6.45) is -1.37. The smallest absolute Gasteiger partial charge is 0.417 e. The highest BCUT2D eigenvalue weighted by molar-refractivity contribution is 6.31.